The Morgan fingerprint density at radius 2 is 2.00 bits per heavy atom. The van der Waals surface area contributed by atoms with Gasteiger partial charge in [0.25, 0.3) is 5.91 Å². The van der Waals surface area contributed by atoms with Gasteiger partial charge in [0.1, 0.15) is 11.3 Å². The van der Waals surface area contributed by atoms with Crippen molar-refractivity contribution in [1.29, 1.82) is 0 Å². The first-order valence-corrected chi connectivity index (χ1v) is 6.49. The molecule has 5 heteroatoms. The van der Waals surface area contributed by atoms with E-state index < -0.39 is 0 Å². The van der Waals surface area contributed by atoms with Crippen LogP contribution in [-0.4, -0.2) is 23.1 Å². The van der Waals surface area contributed by atoms with Gasteiger partial charge in [0, 0.05) is 18.5 Å². The van der Waals surface area contributed by atoms with Gasteiger partial charge in [-0.05, 0) is 19.8 Å². The molecule has 1 rings (SSSR count). The van der Waals surface area contributed by atoms with Crippen LogP contribution in [0.4, 0.5) is 0 Å². The Labute approximate surface area is 108 Å². The summed E-state index contributed by atoms with van der Waals surface area (Å²) < 4.78 is 5.11. The fourth-order valence-electron chi connectivity index (χ4n) is 1.79. The smallest absolute Gasteiger partial charge is 0.256 e. The average Bonchev–Trinajstić information content (AvgIpc) is 2.76. The summed E-state index contributed by atoms with van der Waals surface area (Å²) >= 11 is 0. The Morgan fingerprint density at radius 3 is 2.50 bits per heavy atom. The van der Waals surface area contributed by atoms with Crippen molar-refractivity contribution in [3.05, 3.63) is 17.0 Å². The molecular formula is C13H23N3O2. The monoisotopic (exact) mass is 253 g/mol. The molecule has 0 unspecified atom stereocenters. The molecule has 5 nitrogen and oxygen atoms in total. The van der Waals surface area contributed by atoms with E-state index in [9.17, 15) is 4.79 Å². The lowest BCUT2D eigenvalue weighted by atomic mass is 9.94. The third kappa shape index (κ3) is 3.10. The minimum absolute atomic E-state index is 0.151. The molecule has 102 valence electrons. The van der Waals surface area contributed by atoms with Crippen molar-refractivity contribution in [2.45, 2.75) is 52.5 Å². The minimum atomic E-state index is -0.340. The molecule has 0 saturated heterocycles. The second kappa shape index (κ2) is 6.00. The number of nitrogens with two attached hydrogens (primary N) is 1. The van der Waals surface area contributed by atoms with E-state index in [1.54, 1.807) is 6.92 Å². The Morgan fingerprint density at radius 1 is 1.39 bits per heavy atom. The number of aryl methyl sites for hydroxylation is 2. The highest BCUT2D eigenvalue weighted by molar-refractivity contribution is 5.96. The van der Waals surface area contributed by atoms with Crippen molar-refractivity contribution in [1.82, 2.24) is 10.5 Å². The maximum atomic E-state index is 12.1. The minimum Gasteiger partial charge on any atom is -0.360 e. The lowest BCUT2D eigenvalue weighted by Crippen LogP contribution is -2.49. The molecule has 0 spiro atoms. The van der Waals surface area contributed by atoms with Gasteiger partial charge >= 0.3 is 0 Å². The molecule has 0 saturated carbocycles. The molecule has 0 aliphatic rings. The Balaban J connectivity index is 2.74. The van der Waals surface area contributed by atoms with E-state index in [4.69, 9.17) is 10.3 Å². The highest BCUT2D eigenvalue weighted by atomic mass is 16.5. The van der Waals surface area contributed by atoms with Gasteiger partial charge in [0.2, 0.25) is 0 Å². The third-order valence-corrected chi connectivity index (χ3v) is 3.49. The predicted octanol–water partition coefficient (Wildman–Crippen LogP) is 1.79. The van der Waals surface area contributed by atoms with Crippen LogP contribution in [0.1, 0.15) is 55.4 Å². The molecule has 0 aromatic carbocycles. The van der Waals surface area contributed by atoms with Gasteiger partial charge in [0.05, 0.1) is 5.69 Å². The van der Waals surface area contributed by atoms with E-state index in [0.717, 1.165) is 12.8 Å². The molecule has 3 N–H and O–H groups in total. The van der Waals surface area contributed by atoms with Crippen LogP contribution in [0.2, 0.25) is 0 Å². The summed E-state index contributed by atoms with van der Waals surface area (Å²) in [7, 11) is 0. The van der Waals surface area contributed by atoms with E-state index in [1.165, 1.54) is 0 Å². The number of nitrogens with zero attached hydrogens (tertiary/aromatic N) is 1. The van der Waals surface area contributed by atoms with Crippen molar-refractivity contribution in [3.63, 3.8) is 0 Å². The van der Waals surface area contributed by atoms with Crippen LogP contribution in [0.3, 0.4) is 0 Å². The van der Waals surface area contributed by atoms with E-state index in [1.807, 2.05) is 20.8 Å². The van der Waals surface area contributed by atoms with Crippen molar-refractivity contribution in [2.75, 3.05) is 6.54 Å². The topological polar surface area (TPSA) is 81.2 Å². The molecule has 1 amide bonds. The first kappa shape index (κ1) is 14.7. The summed E-state index contributed by atoms with van der Waals surface area (Å²) in [5.41, 5.74) is 6.99. The molecule has 1 aromatic rings. The molecule has 0 aliphatic carbocycles. The number of hydrogen-bond donors (Lipinski definition) is 2. The SMILES string of the molecule is CCc1onc(C)c1C(=O)NCC(N)(CC)CC. The summed E-state index contributed by atoms with van der Waals surface area (Å²) in [6, 6.07) is 0. The number of nitrogens with one attached hydrogen (secondary N) is 1. The van der Waals surface area contributed by atoms with Crippen molar-refractivity contribution in [3.8, 4) is 0 Å². The van der Waals surface area contributed by atoms with Gasteiger partial charge in [-0.15, -0.1) is 0 Å². The fraction of sp³-hybridized carbons (Fsp3) is 0.692. The summed E-state index contributed by atoms with van der Waals surface area (Å²) in [6.45, 7) is 8.22. The third-order valence-electron chi connectivity index (χ3n) is 3.49. The fourth-order valence-corrected chi connectivity index (χ4v) is 1.79. The molecular weight excluding hydrogens is 230 g/mol. The van der Waals surface area contributed by atoms with Gasteiger partial charge in [-0.2, -0.15) is 0 Å². The zero-order valence-electron chi connectivity index (χ0n) is 11.7. The van der Waals surface area contributed by atoms with E-state index >= 15 is 0 Å². The highest BCUT2D eigenvalue weighted by Crippen LogP contribution is 2.15. The maximum Gasteiger partial charge on any atom is 0.256 e. The number of carbonyl (C=O) groups is 1. The van der Waals surface area contributed by atoms with Crippen molar-refractivity contribution < 1.29 is 9.32 Å². The molecule has 18 heavy (non-hydrogen) atoms. The first-order valence-electron chi connectivity index (χ1n) is 6.49. The lowest BCUT2D eigenvalue weighted by molar-refractivity contribution is 0.0939. The normalized spacial score (nSPS) is 11.6. The van der Waals surface area contributed by atoms with Crippen LogP contribution < -0.4 is 11.1 Å². The van der Waals surface area contributed by atoms with E-state index in [0.29, 0.717) is 30.0 Å². The Hall–Kier alpha value is -1.36. The second-order valence-corrected chi connectivity index (χ2v) is 4.67. The first-order chi connectivity index (χ1) is 8.47. The van der Waals surface area contributed by atoms with Gasteiger partial charge in [-0.3, -0.25) is 4.79 Å². The summed E-state index contributed by atoms with van der Waals surface area (Å²) in [4.78, 5) is 12.1. The van der Waals surface area contributed by atoms with Crippen molar-refractivity contribution in [2.24, 2.45) is 5.73 Å². The molecule has 1 aromatic heterocycles. The van der Waals surface area contributed by atoms with E-state index in [2.05, 4.69) is 10.5 Å². The van der Waals surface area contributed by atoms with Gasteiger partial charge in [-0.1, -0.05) is 25.9 Å². The molecule has 1 heterocycles. The van der Waals surface area contributed by atoms with Crippen molar-refractivity contribution >= 4 is 5.91 Å². The van der Waals surface area contributed by atoms with Crippen LogP contribution in [0.5, 0.6) is 0 Å². The molecule has 0 aliphatic heterocycles. The van der Waals surface area contributed by atoms with Gasteiger partial charge in [-0.25, -0.2) is 0 Å². The largest absolute Gasteiger partial charge is 0.360 e. The number of rotatable bonds is 6. The van der Waals surface area contributed by atoms with Crippen LogP contribution in [0.25, 0.3) is 0 Å². The molecule has 0 atom stereocenters. The zero-order chi connectivity index (χ0) is 13.8. The van der Waals surface area contributed by atoms with Gasteiger partial charge < -0.3 is 15.6 Å². The molecule has 0 fully saturated rings. The number of carbonyl (C=O) groups excluding carboxylic acids is 1. The standard InChI is InChI=1S/C13H23N3O2/c1-5-10-11(9(4)16-18-10)12(17)15-8-13(14,6-2)7-3/h5-8,14H2,1-4H3,(H,15,17). The highest BCUT2D eigenvalue weighted by Gasteiger charge is 2.24. The molecule has 0 bridgehead atoms. The number of amides is 1. The number of hydrogen-bond acceptors (Lipinski definition) is 4. The lowest BCUT2D eigenvalue weighted by Gasteiger charge is -2.26. The summed E-state index contributed by atoms with van der Waals surface area (Å²) in [5.74, 6) is 0.475. The average molecular weight is 253 g/mol. The zero-order valence-corrected chi connectivity index (χ0v) is 11.7. The van der Waals surface area contributed by atoms with Crippen LogP contribution in [0.15, 0.2) is 4.52 Å². The summed E-state index contributed by atoms with van der Waals surface area (Å²) in [5, 5.41) is 6.71. The van der Waals surface area contributed by atoms with Gasteiger partial charge in [0.15, 0.2) is 0 Å². The maximum absolute atomic E-state index is 12.1. The Bertz CT molecular complexity index is 408. The Kier molecular flexibility index (Phi) is 4.90. The summed E-state index contributed by atoms with van der Waals surface area (Å²) in [6.07, 6.45) is 2.30. The quantitative estimate of drug-likeness (QED) is 0.810. The number of aromatic nitrogens is 1. The molecule has 0 radical (unpaired) electrons. The van der Waals surface area contributed by atoms with E-state index in [-0.39, 0.29) is 11.4 Å². The van der Waals surface area contributed by atoms with Crippen LogP contribution >= 0.6 is 0 Å². The van der Waals surface area contributed by atoms with Crippen LogP contribution in [0, 0.1) is 6.92 Å². The second-order valence-electron chi connectivity index (χ2n) is 4.67. The van der Waals surface area contributed by atoms with Crippen LogP contribution in [-0.2, 0) is 6.42 Å². The predicted molar refractivity (Wildman–Crippen MR) is 70.5 cm³/mol.